The zero-order chi connectivity index (χ0) is 11.1. The lowest BCUT2D eigenvalue weighted by atomic mass is 10.2. The van der Waals surface area contributed by atoms with Crippen molar-refractivity contribution in [3.63, 3.8) is 0 Å². The largest absolute Gasteiger partial charge is 0.384 e. The van der Waals surface area contributed by atoms with E-state index in [1.165, 1.54) is 0 Å². The van der Waals surface area contributed by atoms with E-state index < -0.39 is 0 Å². The van der Waals surface area contributed by atoms with E-state index in [1.54, 1.807) is 12.3 Å². The number of fused-ring (bicyclic) bond motifs is 1. The van der Waals surface area contributed by atoms with Crippen LogP contribution in [0.1, 0.15) is 5.69 Å². The zero-order valence-electron chi connectivity index (χ0n) is 8.65. The van der Waals surface area contributed by atoms with Crippen LogP contribution in [-0.4, -0.2) is 25.1 Å². The van der Waals surface area contributed by atoms with E-state index in [2.05, 4.69) is 25.1 Å². The van der Waals surface area contributed by atoms with Crippen molar-refractivity contribution in [1.82, 2.24) is 25.1 Å². The number of nitrogens with two attached hydrogens (primary N) is 1. The molecule has 0 unspecified atom stereocenters. The Kier molecular flexibility index (Phi) is 1.70. The number of anilines is 1. The van der Waals surface area contributed by atoms with Crippen molar-refractivity contribution in [1.29, 1.82) is 0 Å². The molecule has 6 nitrogen and oxygen atoms in total. The summed E-state index contributed by atoms with van der Waals surface area (Å²) in [7, 11) is 0. The van der Waals surface area contributed by atoms with E-state index in [0.717, 1.165) is 22.6 Å². The van der Waals surface area contributed by atoms with Crippen LogP contribution >= 0.6 is 0 Å². The fraction of sp³-hybridized carbons (Fsp3) is 0.100. The van der Waals surface area contributed by atoms with Crippen LogP contribution in [0.3, 0.4) is 0 Å². The van der Waals surface area contributed by atoms with E-state index in [4.69, 9.17) is 5.73 Å². The third-order valence-electron chi connectivity index (χ3n) is 2.45. The molecule has 0 bridgehead atoms. The molecule has 3 aromatic rings. The number of nitrogen functional groups attached to an aromatic ring is 1. The first-order valence-electron chi connectivity index (χ1n) is 4.86. The highest BCUT2D eigenvalue weighted by Gasteiger charge is 2.09. The Morgan fingerprint density at radius 3 is 2.88 bits per heavy atom. The first kappa shape index (κ1) is 8.90. The van der Waals surface area contributed by atoms with E-state index in [1.807, 2.05) is 13.0 Å². The predicted octanol–water partition coefficient (Wildman–Crippen LogP) is 1.24. The maximum atomic E-state index is 5.60. The maximum absolute atomic E-state index is 5.60. The summed E-state index contributed by atoms with van der Waals surface area (Å²) in [5.74, 6) is 1.22. The van der Waals surface area contributed by atoms with Crippen LogP contribution in [-0.2, 0) is 0 Å². The molecule has 4 N–H and O–H groups in total. The van der Waals surface area contributed by atoms with Crippen LogP contribution in [0.5, 0.6) is 0 Å². The summed E-state index contributed by atoms with van der Waals surface area (Å²) >= 11 is 0. The lowest BCUT2D eigenvalue weighted by molar-refractivity contribution is 1.05. The van der Waals surface area contributed by atoms with Gasteiger partial charge in [0, 0.05) is 5.69 Å². The van der Waals surface area contributed by atoms with Crippen molar-refractivity contribution in [2.24, 2.45) is 0 Å². The van der Waals surface area contributed by atoms with Crippen LogP contribution in [0.2, 0.25) is 0 Å². The van der Waals surface area contributed by atoms with Gasteiger partial charge in [-0.05, 0) is 19.1 Å². The van der Waals surface area contributed by atoms with Gasteiger partial charge in [0.1, 0.15) is 11.6 Å². The molecule has 0 aliphatic heterocycles. The number of pyridine rings is 1. The first-order valence-corrected chi connectivity index (χ1v) is 4.86. The van der Waals surface area contributed by atoms with Crippen molar-refractivity contribution in [3.8, 4) is 11.4 Å². The number of hydrogen-bond donors (Lipinski definition) is 3. The Hall–Kier alpha value is -2.37. The topological polar surface area (TPSA) is 96.3 Å². The van der Waals surface area contributed by atoms with E-state index >= 15 is 0 Å². The lowest BCUT2D eigenvalue weighted by Crippen LogP contribution is -1.88. The van der Waals surface area contributed by atoms with Gasteiger partial charge in [-0.1, -0.05) is 0 Å². The fourth-order valence-corrected chi connectivity index (χ4v) is 1.62. The lowest BCUT2D eigenvalue weighted by Gasteiger charge is -1.90. The average Bonchev–Trinajstić information content (AvgIpc) is 2.82. The Morgan fingerprint density at radius 2 is 2.12 bits per heavy atom. The average molecular weight is 214 g/mol. The smallest absolute Gasteiger partial charge is 0.180 e. The Balaban J connectivity index is 2.23. The second kappa shape index (κ2) is 3.06. The van der Waals surface area contributed by atoms with Gasteiger partial charge in [-0.3, -0.25) is 5.10 Å². The van der Waals surface area contributed by atoms with Crippen molar-refractivity contribution < 1.29 is 0 Å². The minimum absolute atomic E-state index is 0.467. The van der Waals surface area contributed by atoms with Crippen LogP contribution in [0.4, 0.5) is 5.82 Å². The molecule has 80 valence electrons. The minimum Gasteiger partial charge on any atom is -0.384 e. The quantitative estimate of drug-likeness (QED) is 0.567. The summed E-state index contributed by atoms with van der Waals surface area (Å²) in [5.41, 5.74) is 8.99. The molecule has 6 heteroatoms. The third kappa shape index (κ3) is 1.23. The predicted molar refractivity (Wildman–Crippen MR) is 60.6 cm³/mol. The van der Waals surface area contributed by atoms with E-state index in [-0.39, 0.29) is 0 Å². The van der Waals surface area contributed by atoms with Gasteiger partial charge in [-0.25, -0.2) is 9.97 Å². The van der Waals surface area contributed by atoms with Gasteiger partial charge >= 0.3 is 0 Å². The van der Waals surface area contributed by atoms with Gasteiger partial charge in [0.05, 0.1) is 17.3 Å². The summed E-state index contributed by atoms with van der Waals surface area (Å²) < 4.78 is 0. The molecule has 0 spiro atoms. The summed E-state index contributed by atoms with van der Waals surface area (Å²) in [6.07, 6.45) is 1.73. The molecule has 0 saturated carbocycles. The molecule has 3 rings (SSSR count). The fourth-order valence-electron chi connectivity index (χ4n) is 1.62. The highest BCUT2D eigenvalue weighted by atomic mass is 15.1. The number of rotatable bonds is 1. The Bertz CT molecular complexity index is 650. The molecule has 3 aromatic heterocycles. The van der Waals surface area contributed by atoms with Crippen LogP contribution in [0.15, 0.2) is 18.3 Å². The van der Waals surface area contributed by atoms with Gasteiger partial charge in [0.2, 0.25) is 0 Å². The second-order valence-corrected chi connectivity index (χ2v) is 3.60. The van der Waals surface area contributed by atoms with Gasteiger partial charge in [-0.15, -0.1) is 0 Å². The van der Waals surface area contributed by atoms with Crippen molar-refractivity contribution >= 4 is 17.0 Å². The van der Waals surface area contributed by atoms with Crippen molar-refractivity contribution in [3.05, 3.63) is 24.0 Å². The number of hydrogen-bond acceptors (Lipinski definition) is 4. The molecule has 16 heavy (non-hydrogen) atoms. The van der Waals surface area contributed by atoms with Gasteiger partial charge < -0.3 is 10.7 Å². The molecule has 0 amide bonds. The molecule has 0 aromatic carbocycles. The highest BCUT2D eigenvalue weighted by molar-refractivity contribution is 5.77. The van der Waals surface area contributed by atoms with Gasteiger partial charge in [0.15, 0.2) is 5.65 Å². The number of nitrogens with one attached hydrogen (secondary N) is 2. The molecule has 0 saturated heterocycles. The number of aryl methyl sites for hydroxylation is 1. The maximum Gasteiger partial charge on any atom is 0.180 e. The summed E-state index contributed by atoms with van der Waals surface area (Å²) in [4.78, 5) is 11.7. The first-order chi connectivity index (χ1) is 7.74. The molecular formula is C10H10N6. The zero-order valence-corrected chi connectivity index (χ0v) is 8.65. The van der Waals surface area contributed by atoms with Crippen LogP contribution < -0.4 is 5.73 Å². The minimum atomic E-state index is 0.467. The number of aromatic nitrogens is 5. The molecule has 0 atom stereocenters. The molecule has 0 fully saturated rings. The number of imidazole rings is 1. The molecule has 0 aliphatic carbocycles. The molecular weight excluding hydrogens is 204 g/mol. The monoisotopic (exact) mass is 214 g/mol. The normalized spacial score (nSPS) is 11.1. The Morgan fingerprint density at radius 1 is 1.25 bits per heavy atom. The van der Waals surface area contributed by atoms with Crippen LogP contribution in [0, 0.1) is 6.92 Å². The molecule has 0 radical (unpaired) electrons. The number of aromatic amines is 2. The van der Waals surface area contributed by atoms with Crippen molar-refractivity contribution in [2.45, 2.75) is 6.92 Å². The van der Waals surface area contributed by atoms with Crippen molar-refractivity contribution in [2.75, 3.05) is 5.73 Å². The van der Waals surface area contributed by atoms with Crippen LogP contribution in [0.25, 0.3) is 22.6 Å². The molecule has 0 aliphatic rings. The third-order valence-corrected chi connectivity index (χ3v) is 2.45. The summed E-state index contributed by atoms with van der Waals surface area (Å²) in [5, 5.41) is 6.82. The number of H-pyrrole nitrogens is 2. The van der Waals surface area contributed by atoms with Gasteiger partial charge in [0.25, 0.3) is 0 Å². The Labute approximate surface area is 90.9 Å². The summed E-state index contributed by atoms with van der Waals surface area (Å²) in [6.45, 7) is 1.94. The van der Waals surface area contributed by atoms with Gasteiger partial charge in [-0.2, -0.15) is 5.10 Å². The SMILES string of the molecule is Cc1[nH]ncc1-c1nc2nc(N)ccc2[nH]1. The van der Waals surface area contributed by atoms with E-state index in [9.17, 15) is 0 Å². The highest BCUT2D eigenvalue weighted by Crippen LogP contribution is 2.21. The van der Waals surface area contributed by atoms with E-state index in [0.29, 0.717) is 11.5 Å². The standard InChI is InChI=1S/C10H10N6/c1-5-6(4-12-16-5)9-13-7-2-3-8(11)14-10(7)15-9/h2-4H,1H3,(H,12,16)(H3,11,13,14,15). The summed E-state index contributed by atoms with van der Waals surface area (Å²) in [6, 6.07) is 3.61. The number of nitrogens with zero attached hydrogens (tertiary/aromatic N) is 3. The molecule has 3 heterocycles. The second-order valence-electron chi connectivity index (χ2n) is 3.60.